The molecule has 0 amide bonds. The van der Waals surface area contributed by atoms with Gasteiger partial charge in [-0.05, 0) is 18.6 Å². The van der Waals surface area contributed by atoms with E-state index in [0.717, 1.165) is 13.0 Å². The van der Waals surface area contributed by atoms with Crippen LogP contribution in [0.3, 0.4) is 0 Å². The van der Waals surface area contributed by atoms with Gasteiger partial charge in [0.15, 0.2) is 5.78 Å². The van der Waals surface area contributed by atoms with Crippen LogP contribution in [0.5, 0.6) is 0 Å². The van der Waals surface area contributed by atoms with Gasteiger partial charge in [-0.15, -0.1) is 0 Å². The highest BCUT2D eigenvalue weighted by atomic mass is 16.1. The average Bonchev–Trinajstić information content (AvgIpc) is 2.29. The van der Waals surface area contributed by atoms with E-state index in [4.69, 9.17) is 5.26 Å². The second-order valence-electron chi connectivity index (χ2n) is 3.55. The fourth-order valence-electron chi connectivity index (χ4n) is 1.76. The smallest absolute Gasteiger partial charge is 0.152 e. The molecular weight excluding hydrogens is 190 g/mol. The fourth-order valence-corrected chi connectivity index (χ4v) is 1.76. The summed E-state index contributed by atoms with van der Waals surface area (Å²) in [6.45, 7) is 1.18. The number of carbonyl (C=O) groups is 1. The molecule has 1 fully saturated rings. The van der Waals surface area contributed by atoms with Gasteiger partial charge in [-0.1, -0.05) is 0 Å². The third-order valence-electron chi connectivity index (χ3n) is 2.46. The van der Waals surface area contributed by atoms with Gasteiger partial charge in [0.25, 0.3) is 0 Å². The molecule has 1 aliphatic heterocycles. The first-order chi connectivity index (χ1) is 7.31. The molecule has 0 spiro atoms. The average molecular weight is 201 g/mol. The summed E-state index contributed by atoms with van der Waals surface area (Å²) in [6.07, 6.45) is 3.14. The lowest BCUT2D eigenvalue weighted by molar-refractivity contribution is -0.118. The number of pyridine rings is 1. The lowest BCUT2D eigenvalue weighted by Crippen LogP contribution is -2.36. The predicted octanol–water partition coefficient (Wildman–Crippen LogP) is 1.12. The molecule has 15 heavy (non-hydrogen) atoms. The van der Waals surface area contributed by atoms with Crippen LogP contribution < -0.4 is 4.90 Å². The van der Waals surface area contributed by atoms with Gasteiger partial charge >= 0.3 is 0 Å². The Bertz CT molecular complexity index is 422. The third-order valence-corrected chi connectivity index (χ3v) is 2.46. The Morgan fingerprint density at radius 3 is 3.13 bits per heavy atom. The molecular formula is C11H11N3O. The van der Waals surface area contributed by atoms with Crippen LogP contribution in [0.4, 0.5) is 5.82 Å². The van der Waals surface area contributed by atoms with Crippen LogP contribution >= 0.6 is 0 Å². The zero-order valence-corrected chi connectivity index (χ0v) is 8.31. The van der Waals surface area contributed by atoms with E-state index in [1.165, 1.54) is 0 Å². The molecule has 2 heterocycles. The summed E-state index contributed by atoms with van der Waals surface area (Å²) in [5.74, 6) is 0.851. The zero-order valence-electron chi connectivity index (χ0n) is 8.31. The number of ketones is 1. The standard InChI is InChI=1S/C11H11N3O/c12-7-9-3-1-5-13-11(9)14-6-2-4-10(15)8-14/h1,3,5H,2,4,6,8H2. The molecule has 0 unspecified atom stereocenters. The third kappa shape index (κ3) is 1.96. The van der Waals surface area contributed by atoms with E-state index >= 15 is 0 Å². The van der Waals surface area contributed by atoms with Gasteiger partial charge in [-0.2, -0.15) is 5.26 Å². The maximum absolute atomic E-state index is 11.3. The highest BCUT2D eigenvalue weighted by Gasteiger charge is 2.19. The lowest BCUT2D eigenvalue weighted by Gasteiger charge is -2.27. The number of anilines is 1. The van der Waals surface area contributed by atoms with E-state index in [2.05, 4.69) is 11.1 Å². The number of rotatable bonds is 1. The number of nitriles is 1. The summed E-state index contributed by atoms with van der Waals surface area (Å²) >= 11 is 0. The van der Waals surface area contributed by atoms with E-state index in [-0.39, 0.29) is 5.78 Å². The van der Waals surface area contributed by atoms with E-state index in [9.17, 15) is 4.79 Å². The van der Waals surface area contributed by atoms with Crippen molar-refractivity contribution < 1.29 is 4.79 Å². The van der Waals surface area contributed by atoms with Gasteiger partial charge < -0.3 is 4.90 Å². The monoisotopic (exact) mass is 201 g/mol. The number of aromatic nitrogens is 1. The van der Waals surface area contributed by atoms with Crippen LogP contribution in [0.15, 0.2) is 18.3 Å². The largest absolute Gasteiger partial charge is 0.348 e. The second-order valence-corrected chi connectivity index (χ2v) is 3.55. The molecule has 76 valence electrons. The highest BCUT2D eigenvalue weighted by molar-refractivity contribution is 5.84. The van der Waals surface area contributed by atoms with Crippen molar-refractivity contribution in [1.29, 1.82) is 5.26 Å². The van der Waals surface area contributed by atoms with Gasteiger partial charge in [0, 0.05) is 19.2 Å². The zero-order chi connectivity index (χ0) is 10.7. The van der Waals surface area contributed by atoms with Crippen molar-refractivity contribution in [2.24, 2.45) is 0 Å². The molecule has 0 aliphatic carbocycles. The summed E-state index contributed by atoms with van der Waals surface area (Å²) in [5.41, 5.74) is 0.534. The second kappa shape index (κ2) is 4.09. The first kappa shape index (κ1) is 9.66. The molecule has 4 heteroatoms. The molecule has 1 aromatic heterocycles. The molecule has 0 N–H and O–H groups in total. The van der Waals surface area contributed by atoms with Gasteiger partial charge in [0.05, 0.1) is 12.1 Å². The minimum absolute atomic E-state index is 0.218. The summed E-state index contributed by atoms with van der Waals surface area (Å²) in [4.78, 5) is 17.3. The maximum Gasteiger partial charge on any atom is 0.152 e. The summed E-state index contributed by atoms with van der Waals surface area (Å²) in [6, 6.07) is 5.55. The number of hydrogen-bond acceptors (Lipinski definition) is 4. The van der Waals surface area contributed by atoms with E-state index in [1.807, 2.05) is 4.90 Å². The minimum Gasteiger partial charge on any atom is -0.348 e. The molecule has 4 nitrogen and oxygen atoms in total. The number of hydrogen-bond donors (Lipinski definition) is 0. The van der Waals surface area contributed by atoms with Crippen LogP contribution in [-0.2, 0) is 4.79 Å². The van der Waals surface area contributed by atoms with Gasteiger partial charge in [0.1, 0.15) is 11.9 Å². The Kier molecular flexibility index (Phi) is 2.64. The molecule has 2 rings (SSSR count). The fraction of sp³-hybridized carbons (Fsp3) is 0.364. The molecule has 1 saturated heterocycles. The molecule has 1 aliphatic rings. The molecule has 0 saturated carbocycles. The first-order valence-corrected chi connectivity index (χ1v) is 4.93. The topological polar surface area (TPSA) is 57.0 Å². The molecule has 0 atom stereocenters. The maximum atomic E-state index is 11.3. The van der Waals surface area contributed by atoms with Crippen molar-refractivity contribution in [3.8, 4) is 6.07 Å². The van der Waals surface area contributed by atoms with Crippen LogP contribution in [0.1, 0.15) is 18.4 Å². The van der Waals surface area contributed by atoms with Gasteiger partial charge in [-0.3, -0.25) is 4.79 Å². The number of piperidine rings is 1. The Hall–Kier alpha value is -1.89. The Labute approximate surface area is 88.1 Å². The summed E-state index contributed by atoms with van der Waals surface area (Å²) in [5, 5.41) is 8.91. The predicted molar refractivity (Wildman–Crippen MR) is 55.4 cm³/mol. The van der Waals surface area contributed by atoms with Crippen molar-refractivity contribution in [2.45, 2.75) is 12.8 Å². The van der Waals surface area contributed by atoms with Crippen molar-refractivity contribution in [1.82, 2.24) is 4.98 Å². The van der Waals surface area contributed by atoms with Crippen molar-refractivity contribution >= 4 is 11.6 Å². The molecule has 0 radical (unpaired) electrons. The lowest BCUT2D eigenvalue weighted by atomic mass is 10.1. The SMILES string of the molecule is N#Cc1cccnc1N1CCCC(=O)C1. The summed E-state index contributed by atoms with van der Waals surface area (Å²) < 4.78 is 0. The number of carbonyl (C=O) groups excluding carboxylic acids is 1. The minimum atomic E-state index is 0.218. The molecule has 1 aromatic rings. The van der Waals surface area contributed by atoms with Crippen LogP contribution in [0, 0.1) is 11.3 Å². The van der Waals surface area contributed by atoms with E-state index in [1.54, 1.807) is 18.3 Å². The van der Waals surface area contributed by atoms with Crippen LogP contribution in [0.2, 0.25) is 0 Å². The Balaban J connectivity index is 2.29. The normalized spacial score (nSPS) is 16.2. The van der Waals surface area contributed by atoms with Crippen molar-refractivity contribution in [3.63, 3.8) is 0 Å². The molecule has 0 bridgehead atoms. The van der Waals surface area contributed by atoms with Gasteiger partial charge in [0.2, 0.25) is 0 Å². The number of Topliss-reactive ketones (excluding diaryl/α,β-unsaturated/α-hetero) is 1. The highest BCUT2D eigenvalue weighted by Crippen LogP contribution is 2.19. The molecule has 0 aromatic carbocycles. The van der Waals surface area contributed by atoms with Crippen LogP contribution in [0.25, 0.3) is 0 Å². The quantitative estimate of drug-likeness (QED) is 0.683. The van der Waals surface area contributed by atoms with Gasteiger partial charge in [-0.25, -0.2) is 4.98 Å². The van der Waals surface area contributed by atoms with E-state index in [0.29, 0.717) is 24.3 Å². The Morgan fingerprint density at radius 1 is 1.53 bits per heavy atom. The van der Waals surface area contributed by atoms with E-state index < -0.39 is 0 Å². The number of nitrogens with zero attached hydrogens (tertiary/aromatic N) is 3. The first-order valence-electron chi connectivity index (χ1n) is 4.93. The summed E-state index contributed by atoms with van der Waals surface area (Å²) in [7, 11) is 0. The Morgan fingerprint density at radius 2 is 2.40 bits per heavy atom. The van der Waals surface area contributed by atoms with Crippen molar-refractivity contribution in [2.75, 3.05) is 18.0 Å². The van der Waals surface area contributed by atoms with Crippen LogP contribution in [-0.4, -0.2) is 23.9 Å². The van der Waals surface area contributed by atoms with Crippen molar-refractivity contribution in [3.05, 3.63) is 23.9 Å².